The largest absolute Gasteiger partial charge is 0.497 e. The van der Waals surface area contributed by atoms with E-state index in [1.807, 2.05) is 12.1 Å². The normalized spacial score (nSPS) is 12.4. The van der Waals surface area contributed by atoms with E-state index in [1.54, 1.807) is 18.4 Å². The third-order valence-electron chi connectivity index (χ3n) is 2.88. The Morgan fingerprint density at radius 1 is 1.26 bits per heavy atom. The Morgan fingerprint density at radius 2 is 2.00 bits per heavy atom. The minimum atomic E-state index is 0.270. The first-order valence-corrected chi connectivity index (χ1v) is 7.23. The van der Waals surface area contributed by atoms with Gasteiger partial charge in [-0.05, 0) is 31.2 Å². The second kappa shape index (κ2) is 6.63. The van der Waals surface area contributed by atoms with Gasteiger partial charge in [-0.1, -0.05) is 30.4 Å². The molecule has 1 heterocycles. The monoisotopic (exact) mass is 277 g/mol. The van der Waals surface area contributed by atoms with Gasteiger partial charge in [0.15, 0.2) is 0 Å². The number of methoxy groups -OCH3 is 1. The van der Waals surface area contributed by atoms with Crippen LogP contribution in [0.15, 0.2) is 24.3 Å². The Hall–Kier alpha value is -1.46. The first kappa shape index (κ1) is 14.0. The summed E-state index contributed by atoms with van der Waals surface area (Å²) in [6.45, 7) is 5.14. The Morgan fingerprint density at radius 3 is 2.63 bits per heavy atom. The molecule has 1 aromatic carbocycles. The van der Waals surface area contributed by atoms with Crippen molar-refractivity contribution in [3.8, 4) is 5.75 Å². The second-order valence-corrected chi connectivity index (χ2v) is 5.43. The zero-order valence-corrected chi connectivity index (χ0v) is 12.3. The third-order valence-corrected chi connectivity index (χ3v) is 3.98. The quantitative estimate of drug-likeness (QED) is 0.882. The molecule has 19 heavy (non-hydrogen) atoms. The number of rotatable bonds is 6. The Kier molecular flexibility index (Phi) is 4.87. The van der Waals surface area contributed by atoms with Crippen molar-refractivity contribution in [3.05, 3.63) is 39.8 Å². The van der Waals surface area contributed by atoms with Crippen LogP contribution in [0, 0.1) is 0 Å². The summed E-state index contributed by atoms with van der Waals surface area (Å²) in [4.78, 5) is 0. The van der Waals surface area contributed by atoms with Crippen molar-refractivity contribution in [3.63, 3.8) is 0 Å². The van der Waals surface area contributed by atoms with Crippen LogP contribution in [0.1, 0.15) is 35.5 Å². The number of nitrogens with one attached hydrogen (secondary N) is 1. The number of hydrogen-bond acceptors (Lipinski definition) is 5. The summed E-state index contributed by atoms with van der Waals surface area (Å²) in [7, 11) is 1.67. The van der Waals surface area contributed by atoms with Gasteiger partial charge in [0.25, 0.3) is 0 Å². The second-order valence-electron chi connectivity index (χ2n) is 4.34. The van der Waals surface area contributed by atoms with Gasteiger partial charge in [-0.25, -0.2) is 0 Å². The molecule has 0 radical (unpaired) electrons. The summed E-state index contributed by atoms with van der Waals surface area (Å²) in [5.41, 5.74) is 1.22. The molecule has 4 nitrogen and oxygen atoms in total. The summed E-state index contributed by atoms with van der Waals surface area (Å²) in [6.07, 6.45) is 0.820. The van der Waals surface area contributed by atoms with Gasteiger partial charge < -0.3 is 10.1 Å². The number of nitrogens with zero attached hydrogens (tertiary/aromatic N) is 2. The lowest BCUT2D eigenvalue weighted by Gasteiger charge is -2.06. The van der Waals surface area contributed by atoms with Crippen molar-refractivity contribution < 1.29 is 4.74 Å². The molecule has 0 aliphatic heterocycles. The number of aromatic nitrogens is 2. The minimum Gasteiger partial charge on any atom is -0.497 e. The van der Waals surface area contributed by atoms with E-state index in [4.69, 9.17) is 4.74 Å². The molecule has 102 valence electrons. The third kappa shape index (κ3) is 3.75. The fourth-order valence-corrected chi connectivity index (χ4v) is 2.73. The zero-order valence-electron chi connectivity index (χ0n) is 11.5. The highest BCUT2D eigenvalue weighted by atomic mass is 32.1. The molecular weight excluding hydrogens is 258 g/mol. The number of hydrogen-bond donors (Lipinski definition) is 1. The Balaban J connectivity index is 2.02. The molecule has 0 fully saturated rings. The molecule has 0 saturated heterocycles. The van der Waals surface area contributed by atoms with Gasteiger partial charge in [0.2, 0.25) is 0 Å². The molecule has 1 atom stereocenters. The van der Waals surface area contributed by atoms with E-state index in [0.29, 0.717) is 0 Å². The molecule has 2 rings (SSSR count). The predicted octanol–water partition coefficient (Wildman–Crippen LogP) is 2.81. The van der Waals surface area contributed by atoms with Crippen molar-refractivity contribution >= 4 is 11.3 Å². The van der Waals surface area contributed by atoms with Crippen LogP contribution in [0.2, 0.25) is 0 Å². The van der Waals surface area contributed by atoms with Gasteiger partial charge in [-0.2, -0.15) is 0 Å². The molecule has 1 N–H and O–H groups in total. The van der Waals surface area contributed by atoms with Gasteiger partial charge in [0, 0.05) is 6.42 Å². The van der Waals surface area contributed by atoms with Crippen LogP contribution in [0.5, 0.6) is 5.75 Å². The van der Waals surface area contributed by atoms with Crippen LogP contribution >= 0.6 is 11.3 Å². The summed E-state index contributed by atoms with van der Waals surface area (Å²) in [6, 6.07) is 8.34. The maximum atomic E-state index is 5.15. The van der Waals surface area contributed by atoms with E-state index in [1.165, 1.54) is 5.56 Å². The summed E-state index contributed by atoms with van der Waals surface area (Å²) >= 11 is 1.67. The maximum absolute atomic E-state index is 5.15. The van der Waals surface area contributed by atoms with Gasteiger partial charge in [-0.3, -0.25) is 0 Å². The lowest BCUT2D eigenvalue weighted by molar-refractivity contribution is 0.414. The smallest absolute Gasteiger partial charge is 0.134 e. The highest BCUT2D eigenvalue weighted by molar-refractivity contribution is 7.11. The average molecular weight is 277 g/mol. The lowest BCUT2D eigenvalue weighted by Crippen LogP contribution is -2.17. The van der Waals surface area contributed by atoms with E-state index < -0.39 is 0 Å². The average Bonchev–Trinajstić information content (AvgIpc) is 2.88. The molecule has 5 heteroatoms. The maximum Gasteiger partial charge on any atom is 0.134 e. The van der Waals surface area contributed by atoms with Crippen LogP contribution < -0.4 is 10.1 Å². The topological polar surface area (TPSA) is 47.0 Å². The first-order chi connectivity index (χ1) is 9.22. The van der Waals surface area contributed by atoms with Crippen LogP contribution in [-0.4, -0.2) is 23.9 Å². The van der Waals surface area contributed by atoms with E-state index in [9.17, 15) is 0 Å². The van der Waals surface area contributed by atoms with Gasteiger partial charge in [0.05, 0.1) is 13.2 Å². The molecule has 1 unspecified atom stereocenters. The molecule has 1 aromatic heterocycles. The fraction of sp³-hybridized carbons (Fsp3) is 0.429. The standard InChI is InChI=1S/C14H19N3OS/c1-4-15-10(2)14-17-16-13(19-14)9-11-5-7-12(18-3)8-6-11/h5-8,10,15H,4,9H2,1-3H3. The molecule has 2 aromatic rings. The highest BCUT2D eigenvalue weighted by Crippen LogP contribution is 2.21. The first-order valence-electron chi connectivity index (χ1n) is 6.41. The van der Waals surface area contributed by atoms with E-state index in [0.717, 1.165) is 28.7 Å². The number of benzene rings is 1. The van der Waals surface area contributed by atoms with Crippen LogP contribution in [-0.2, 0) is 6.42 Å². The van der Waals surface area contributed by atoms with E-state index in [-0.39, 0.29) is 6.04 Å². The predicted molar refractivity (Wildman–Crippen MR) is 77.8 cm³/mol. The Bertz CT molecular complexity index is 510. The van der Waals surface area contributed by atoms with Gasteiger partial charge in [0.1, 0.15) is 15.8 Å². The molecule has 0 amide bonds. The van der Waals surface area contributed by atoms with Crippen molar-refractivity contribution in [1.29, 1.82) is 0 Å². The van der Waals surface area contributed by atoms with Crippen molar-refractivity contribution in [2.24, 2.45) is 0 Å². The molecule has 0 saturated carbocycles. The zero-order chi connectivity index (χ0) is 13.7. The van der Waals surface area contributed by atoms with Crippen LogP contribution in [0.3, 0.4) is 0 Å². The SMILES string of the molecule is CCNC(C)c1nnc(Cc2ccc(OC)cc2)s1. The summed E-state index contributed by atoms with van der Waals surface area (Å²) < 4.78 is 5.15. The van der Waals surface area contributed by atoms with Crippen LogP contribution in [0.4, 0.5) is 0 Å². The molecular formula is C14H19N3OS. The van der Waals surface area contributed by atoms with Crippen molar-refractivity contribution in [2.45, 2.75) is 26.3 Å². The molecule has 0 aliphatic carbocycles. The highest BCUT2D eigenvalue weighted by Gasteiger charge is 2.11. The van der Waals surface area contributed by atoms with Gasteiger partial charge in [-0.15, -0.1) is 10.2 Å². The van der Waals surface area contributed by atoms with Crippen LogP contribution in [0.25, 0.3) is 0 Å². The molecule has 0 bridgehead atoms. The summed E-state index contributed by atoms with van der Waals surface area (Å²) in [5.74, 6) is 0.877. The summed E-state index contributed by atoms with van der Waals surface area (Å²) in [5, 5.41) is 13.9. The fourth-order valence-electron chi connectivity index (χ4n) is 1.82. The number of ether oxygens (including phenoxy) is 1. The Labute approximate surface area is 117 Å². The van der Waals surface area contributed by atoms with E-state index in [2.05, 4.69) is 41.5 Å². The van der Waals surface area contributed by atoms with Crippen molar-refractivity contribution in [2.75, 3.05) is 13.7 Å². The lowest BCUT2D eigenvalue weighted by atomic mass is 10.1. The van der Waals surface area contributed by atoms with E-state index >= 15 is 0 Å². The molecule has 0 aliphatic rings. The molecule has 0 spiro atoms. The minimum absolute atomic E-state index is 0.270. The van der Waals surface area contributed by atoms with Crippen molar-refractivity contribution in [1.82, 2.24) is 15.5 Å². The van der Waals surface area contributed by atoms with Gasteiger partial charge >= 0.3 is 0 Å².